The van der Waals surface area contributed by atoms with Gasteiger partial charge in [0.2, 0.25) is 0 Å². The summed E-state index contributed by atoms with van der Waals surface area (Å²) in [6.07, 6.45) is 2.55. The molecule has 1 aromatic carbocycles. The molecule has 0 saturated carbocycles. The molecule has 0 aliphatic carbocycles. The first-order valence-corrected chi connectivity index (χ1v) is 9.36. The molecule has 1 saturated heterocycles. The van der Waals surface area contributed by atoms with Crippen molar-refractivity contribution in [2.75, 3.05) is 13.1 Å². The van der Waals surface area contributed by atoms with Crippen molar-refractivity contribution >= 4 is 21.6 Å². The summed E-state index contributed by atoms with van der Waals surface area (Å²) in [5.41, 5.74) is 3.34. The van der Waals surface area contributed by atoms with Crippen LogP contribution in [0.25, 0.3) is 21.3 Å². The average molecular weight is 340 g/mol. The minimum atomic E-state index is -0.00600. The Morgan fingerprint density at radius 3 is 2.58 bits per heavy atom. The van der Waals surface area contributed by atoms with E-state index in [0.717, 1.165) is 38.6 Å². The number of likely N-dealkylation sites (tertiary alicyclic amines) is 1. The van der Waals surface area contributed by atoms with Crippen LogP contribution in [-0.2, 0) is 6.54 Å². The molecule has 0 radical (unpaired) electrons. The maximum absolute atomic E-state index is 12.7. The highest BCUT2D eigenvalue weighted by Gasteiger charge is 2.20. The molecule has 1 fully saturated rings. The quantitative estimate of drug-likeness (QED) is 0.769. The standard InChI is InChI=1S/C19H21N3OS/c1-12-5-7-14(8-6-12)16-13(2)24-19-17(16)18(23)20-15(21-19)11-22-9-3-4-10-22/h5-8H,3-4,9-11H2,1-2H3,(H,20,21,23)/p+1. The number of quaternary nitrogens is 1. The Morgan fingerprint density at radius 1 is 1.17 bits per heavy atom. The van der Waals surface area contributed by atoms with Crippen LogP contribution in [0.3, 0.4) is 0 Å². The molecule has 0 atom stereocenters. The molecule has 1 aliphatic heterocycles. The van der Waals surface area contributed by atoms with Crippen LogP contribution in [0.1, 0.15) is 29.1 Å². The molecule has 1 aliphatic rings. The second kappa shape index (κ2) is 6.15. The Morgan fingerprint density at radius 2 is 1.88 bits per heavy atom. The summed E-state index contributed by atoms with van der Waals surface area (Å²) in [6, 6.07) is 8.35. The highest BCUT2D eigenvalue weighted by molar-refractivity contribution is 7.19. The Hall–Kier alpha value is -1.98. The first kappa shape index (κ1) is 15.5. The largest absolute Gasteiger partial charge is 0.329 e. The Bertz CT molecular complexity index is 934. The lowest BCUT2D eigenvalue weighted by Crippen LogP contribution is -3.08. The van der Waals surface area contributed by atoms with Gasteiger partial charge in [-0.25, -0.2) is 4.98 Å². The predicted molar refractivity (Wildman–Crippen MR) is 98.8 cm³/mol. The number of H-pyrrole nitrogens is 1. The molecule has 3 aromatic rings. The number of aromatic amines is 1. The Labute approximate surface area is 145 Å². The number of aromatic nitrogens is 2. The van der Waals surface area contributed by atoms with Gasteiger partial charge in [0.05, 0.1) is 18.5 Å². The molecule has 0 unspecified atom stereocenters. The fourth-order valence-corrected chi connectivity index (χ4v) is 4.67. The van der Waals surface area contributed by atoms with Crippen molar-refractivity contribution in [1.29, 1.82) is 0 Å². The maximum atomic E-state index is 12.7. The van der Waals surface area contributed by atoms with E-state index in [1.807, 2.05) is 0 Å². The normalized spacial score (nSPS) is 15.4. The van der Waals surface area contributed by atoms with Gasteiger partial charge in [0.1, 0.15) is 11.4 Å². The second-order valence-corrected chi connectivity index (χ2v) is 7.93. The molecule has 0 spiro atoms. The Balaban J connectivity index is 1.80. The third-order valence-electron chi connectivity index (χ3n) is 4.86. The fourth-order valence-electron chi connectivity index (χ4n) is 3.60. The van der Waals surface area contributed by atoms with E-state index in [2.05, 4.69) is 43.1 Å². The van der Waals surface area contributed by atoms with E-state index in [0.29, 0.717) is 0 Å². The van der Waals surface area contributed by atoms with E-state index in [4.69, 9.17) is 4.98 Å². The van der Waals surface area contributed by atoms with Gasteiger partial charge in [-0.1, -0.05) is 29.8 Å². The number of rotatable bonds is 3. The van der Waals surface area contributed by atoms with Gasteiger partial charge < -0.3 is 9.88 Å². The lowest BCUT2D eigenvalue weighted by atomic mass is 10.0. The third kappa shape index (κ3) is 2.78. The summed E-state index contributed by atoms with van der Waals surface area (Å²) < 4.78 is 0. The van der Waals surface area contributed by atoms with E-state index in [-0.39, 0.29) is 5.56 Å². The molecule has 4 rings (SSSR count). The molecule has 2 aromatic heterocycles. The number of nitrogens with one attached hydrogen (secondary N) is 2. The van der Waals surface area contributed by atoms with Crippen LogP contribution < -0.4 is 10.5 Å². The van der Waals surface area contributed by atoms with E-state index < -0.39 is 0 Å². The van der Waals surface area contributed by atoms with Crippen molar-refractivity contribution in [1.82, 2.24) is 9.97 Å². The monoisotopic (exact) mass is 340 g/mol. The molecule has 5 heteroatoms. The predicted octanol–water partition coefficient (Wildman–Crippen LogP) is 2.45. The van der Waals surface area contributed by atoms with Crippen LogP contribution >= 0.6 is 11.3 Å². The first-order chi connectivity index (χ1) is 11.6. The minimum Gasteiger partial charge on any atom is -0.329 e. The van der Waals surface area contributed by atoms with E-state index in [1.54, 1.807) is 11.3 Å². The molecule has 0 amide bonds. The lowest BCUT2D eigenvalue weighted by Gasteiger charge is -2.10. The van der Waals surface area contributed by atoms with Gasteiger partial charge in [-0.3, -0.25) is 4.79 Å². The highest BCUT2D eigenvalue weighted by Crippen LogP contribution is 2.35. The van der Waals surface area contributed by atoms with Crippen LogP contribution in [-0.4, -0.2) is 23.1 Å². The zero-order valence-corrected chi connectivity index (χ0v) is 14.9. The van der Waals surface area contributed by atoms with Crippen LogP contribution in [0, 0.1) is 13.8 Å². The summed E-state index contributed by atoms with van der Waals surface area (Å²) in [4.78, 5) is 24.1. The van der Waals surface area contributed by atoms with Crippen molar-refractivity contribution in [2.45, 2.75) is 33.2 Å². The minimum absolute atomic E-state index is 0.00600. The zero-order valence-electron chi connectivity index (χ0n) is 14.1. The number of fused-ring (bicyclic) bond motifs is 1. The van der Waals surface area contributed by atoms with Gasteiger partial charge in [0.25, 0.3) is 5.56 Å². The van der Waals surface area contributed by atoms with Crippen molar-refractivity contribution in [2.24, 2.45) is 0 Å². The fraction of sp³-hybridized carbons (Fsp3) is 0.368. The third-order valence-corrected chi connectivity index (χ3v) is 5.85. The van der Waals surface area contributed by atoms with Gasteiger partial charge in [-0.05, 0) is 19.4 Å². The van der Waals surface area contributed by atoms with E-state index in [1.165, 1.54) is 36.4 Å². The van der Waals surface area contributed by atoms with Gasteiger partial charge in [0, 0.05) is 23.3 Å². The molecule has 24 heavy (non-hydrogen) atoms. The molecular weight excluding hydrogens is 318 g/mol. The molecule has 124 valence electrons. The number of thiophene rings is 1. The number of nitrogens with zero attached hydrogens (tertiary/aromatic N) is 1. The summed E-state index contributed by atoms with van der Waals surface area (Å²) >= 11 is 1.62. The summed E-state index contributed by atoms with van der Waals surface area (Å²) in [5, 5.41) is 0.738. The van der Waals surface area contributed by atoms with Crippen LogP contribution in [0.15, 0.2) is 29.1 Å². The van der Waals surface area contributed by atoms with Crippen LogP contribution in [0.4, 0.5) is 0 Å². The summed E-state index contributed by atoms with van der Waals surface area (Å²) in [6.45, 7) is 7.33. The van der Waals surface area contributed by atoms with Gasteiger partial charge in [-0.15, -0.1) is 11.3 Å². The van der Waals surface area contributed by atoms with Gasteiger partial charge in [-0.2, -0.15) is 0 Å². The number of aryl methyl sites for hydroxylation is 2. The molecule has 4 nitrogen and oxygen atoms in total. The highest BCUT2D eigenvalue weighted by atomic mass is 32.1. The average Bonchev–Trinajstić information content (AvgIpc) is 3.16. The van der Waals surface area contributed by atoms with Crippen LogP contribution in [0.5, 0.6) is 0 Å². The van der Waals surface area contributed by atoms with Crippen molar-refractivity contribution in [3.8, 4) is 11.1 Å². The smallest absolute Gasteiger partial charge is 0.260 e. The van der Waals surface area contributed by atoms with Gasteiger partial charge in [0.15, 0.2) is 5.82 Å². The molecule has 3 heterocycles. The van der Waals surface area contributed by atoms with Crippen LogP contribution in [0.2, 0.25) is 0 Å². The van der Waals surface area contributed by atoms with Crippen molar-refractivity contribution in [3.63, 3.8) is 0 Å². The van der Waals surface area contributed by atoms with Gasteiger partial charge >= 0.3 is 0 Å². The number of hydrogen-bond donors (Lipinski definition) is 2. The summed E-state index contributed by atoms with van der Waals surface area (Å²) in [7, 11) is 0. The first-order valence-electron chi connectivity index (χ1n) is 8.55. The Kier molecular flexibility index (Phi) is 3.98. The number of hydrogen-bond acceptors (Lipinski definition) is 3. The molecule has 2 N–H and O–H groups in total. The maximum Gasteiger partial charge on any atom is 0.260 e. The topological polar surface area (TPSA) is 50.2 Å². The zero-order chi connectivity index (χ0) is 16.7. The second-order valence-electron chi connectivity index (χ2n) is 6.73. The molecule has 0 bridgehead atoms. The van der Waals surface area contributed by atoms with Crippen molar-refractivity contribution in [3.05, 3.63) is 50.9 Å². The SMILES string of the molecule is Cc1ccc(-c2c(C)sc3nc(C[NH+]4CCCC4)[nH]c(=O)c23)cc1. The summed E-state index contributed by atoms with van der Waals surface area (Å²) in [5.74, 6) is 0.820. The molecular formula is C19H22N3OS+. The number of benzene rings is 1. The lowest BCUT2D eigenvalue weighted by molar-refractivity contribution is -0.902. The van der Waals surface area contributed by atoms with E-state index >= 15 is 0 Å². The van der Waals surface area contributed by atoms with Crippen molar-refractivity contribution < 1.29 is 4.90 Å². The van der Waals surface area contributed by atoms with E-state index in [9.17, 15) is 4.79 Å².